The van der Waals surface area contributed by atoms with E-state index in [1.54, 1.807) is 0 Å². The van der Waals surface area contributed by atoms with Gasteiger partial charge in [0.1, 0.15) is 5.75 Å². The van der Waals surface area contributed by atoms with Crippen LogP contribution in [0.1, 0.15) is 114 Å². The highest BCUT2D eigenvalue weighted by molar-refractivity contribution is 5.66. The van der Waals surface area contributed by atoms with Crippen molar-refractivity contribution in [2.45, 2.75) is 116 Å². The van der Waals surface area contributed by atoms with E-state index in [1.807, 2.05) is 0 Å². The number of carbonyl (C=O) groups is 2. The van der Waals surface area contributed by atoms with Crippen molar-refractivity contribution < 1.29 is 24.5 Å². The van der Waals surface area contributed by atoms with Crippen LogP contribution in [0.5, 0.6) is 5.75 Å². The fourth-order valence-corrected chi connectivity index (χ4v) is 4.03. The molecule has 0 saturated carbocycles. The molecule has 1 rings (SSSR count). The van der Waals surface area contributed by atoms with E-state index in [-0.39, 0.29) is 12.8 Å². The summed E-state index contributed by atoms with van der Waals surface area (Å²) in [5, 5.41) is 17.5. The SMILES string of the molecule is CCCCCOc1cccc(CCCCCCCC(=O)O)c1CCCCCCCC(=O)O. The van der Waals surface area contributed by atoms with Crippen LogP contribution < -0.4 is 4.74 Å². The summed E-state index contributed by atoms with van der Waals surface area (Å²) in [5.41, 5.74) is 2.73. The number of ether oxygens (including phenoxy) is 1. The molecule has 0 spiro atoms. The van der Waals surface area contributed by atoms with Crippen LogP contribution in [0.2, 0.25) is 0 Å². The maximum Gasteiger partial charge on any atom is 0.303 e. The lowest BCUT2D eigenvalue weighted by Gasteiger charge is -2.16. The first-order valence-corrected chi connectivity index (χ1v) is 12.7. The van der Waals surface area contributed by atoms with Crippen molar-refractivity contribution >= 4 is 11.9 Å². The van der Waals surface area contributed by atoms with Crippen molar-refractivity contribution in [3.63, 3.8) is 0 Å². The van der Waals surface area contributed by atoms with Crippen LogP contribution in [0.25, 0.3) is 0 Å². The summed E-state index contributed by atoms with van der Waals surface area (Å²) in [6.45, 7) is 2.97. The topological polar surface area (TPSA) is 83.8 Å². The summed E-state index contributed by atoms with van der Waals surface area (Å²) < 4.78 is 6.16. The van der Waals surface area contributed by atoms with Gasteiger partial charge in [0.25, 0.3) is 0 Å². The molecule has 0 unspecified atom stereocenters. The first-order chi connectivity index (χ1) is 15.5. The van der Waals surface area contributed by atoms with Gasteiger partial charge in [-0.25, -0.2) is 0 Å². The second-order valence-electron chi connectivity index (χ2n) is 8.77. The molecule has 0 atom stereocenters. The van der Waals surface area contributed by atoms with Crippen LogP contribution in [0.3, 0.4) is 0 Å². The van der Waals surface area contributed by atoms with E-state index in [1.165, 1.54) is 24.0 Å². The molecule has 1 aromatic carbocycles. The Morgan fingerprint density at radius 2 is 1.28 bits per heavy atom. The molecule has 2 N–H and O–H groups in total. The predicted octanol–water partition coefficient (Wildman–Crippen LogP) is 7.19. The Kier molecular flexibility index (Phi) is 16.2. The van der Waals surface area contributed by atoms with Gasteiger partial charge >= 0.3 is 11.9 Å². The zero-order valence-corrected chi connectivity index (χ0v) is 20.1. The molecule has 0 aromatic heterocycles. The molecular formula is C27H44O5. The number of aryl methyl sites for hydroxylation is 1. The first-order valence-electron chi connectivity index (χ1n) is 12.7. The standard InChI is InChI=1S/C27H44O5/c1-2-3-14-22-32-25-19-15-17-23(16-10-6-4-8-12-20-26(28)29)24(25)18-11-7-5-9-13-21-27(30)31/h15,17,19H,2-14,16,18,20-22H2,1H3,(H,28,29)(H,30,31). The third-order valence-electron chi connectivity index (χ3n) is 5.89. The van der Waals surface area contributed by atoms with Crippen molar-refractivity contribution in [1.82, 2.24) is 0 Å². The number of unbranched alkanes of at least 4 members (excludes halogenated alkanes) is 10. The van der Waals surface area contributed by atoms with Gasteiger partial charge < -0.3 is 14.9 Å². The third-order valence-corrected chi connectivity index (χ3v) is 5.89. The van der Waals surface area contributed by atoms with Gasteiger partial charge in [0.15, 0.2) is 0 Å². The van der Waals surface area contributed by atoms with Crippen LogP contribution in [0.4, 0.5) is 0 Å². The van der Waals surface area contributed by atoms with Crippen LogP contribution in [0, 0.1) is 0 Å². The summed E-state index contributed by atoms with van der Waals surface area (Å²) in [6, 6.07) is 6.43. The van der Waals surface area contributed by atoms with E-state index < -0.39 is 11.9 Å². The number of benzene rings is 1. The monoisotopic (exact) mass is 448 g/mol. The van der Waals surface area contributed by atoms with Crippen molar-refractivity contribution in [2.75, 3.05) is 6.61 Å². The molecule has 0 amide bonds. The minimum Gasteiger partial charge on any atom is -0.493 e. The molecular weight excluding hydrogens is 404 g/mol. The van der Waals surface area contributed by atoms with Gasteiger partial charge in [-0.2, -0.15) is 0 Å². The molecule has 1 aromatic rings. The Hall–Kier alpha value is -2.04. The smallest absolute Gasteiger partial charge is 0.303 e. The molecule has 0 aliphatic rings. The van der Waals surface area contributed by atoms with E-state index in [0.29, 0.717) is 0 Å². The zero-order chi connectivity index (χ0) is 23.4. The van der Waals surface area contributed by atoms with E-state index >= 15 is 0 Å². The lowest BCUT2D eigenvalue weighted by atomic mass is 9.95. The van der Waals surface area contributed by atoms with Gasteiger partial charge in [0.05, 0.1) is 6.61 Å². The Bertz CT molecular complexity index is 641. The van der Waals surface area contributed by atoms with E-state index in [9.17, 15) is 9.59 Å². The Morgan fingerprint density at radius 1 is 0.719 bits per heavy atom. The highest BCUT2D eigenvalue weighted by Crippen LogP contribution is 2.27. The molecule has 5 nitrogen and oxygen atoms in total. The highest BCUT2D eigenvalue weighted by Gasteiger charge is 2.10. The van der Waals surface area contributed by atoms with E-state index in [4.69, 9.17) is 14.9 Å². The molecule has 0 fully saturated rings. The lowest BCUT2D eigenvalue weighted by Crippen LogP contribution is -2.04. The number of aliphatic carboxylic acids is 2. The number of hydrogen-bond donors (Lipinski definition) is 2. The maximum atomic E-state index is 10.6. The quantitative estimate of drug-likeness (QED) is 0.194. The van der Waals surface area contributed by atoms with E-state index in [2.05, 4.69) is 25.1 Å². The molecule has 0 bridgehead atoms. The first kappa shape index (κ1) is 28.0. The Balaban J connectivity index is 2.52. The predicted molar refractivity (Wildman–Crippen MR) is 130 cm³/mol. The molecule has 182 valence electrons. The minimum atomic E-state index is -0.703. The summed E-state index contributed by atoms with van der Waals surface area (Å²) in [4.78, 5) is 21.2. The van der Waals surface area contributed by atoms with Gasteiger partial charge in [0, 0.05) is 12.8 Å². The summed E-state index contributed by atoms with van der Waals surface area (Å²) >= 11 is 0. The number of carboxylic acids is 2. The van der Waals surface area contributed by atoms with Crippen molar-refractivity contribution in [2.24, 2.45) is 0 Å². The summed E-state index contributed by atoms with van der Waals surface area (Å²) in [5.74, 6) is -0.371. The van der Waals surface area contributed by atoms with Crippen molar-refractivity contribution in [3.8, 4) is 5.75 Å². The second kappa shape index (κ2) is 18.5. The van der Waals surface area contributed by atoms with Crippen LogP contribution in [-0.4, -0.2) is 28.8 Å². The number of rotatable bonds is 21. The normalized spacial score (nSPS) is 10.9. The number of hydrogen-bond acceptors (Lipinski definition) is 3. The largest absolute Gasteiger partial charge is 0.493 e. The Morgan fingerprint density at radius 3 is 1.88 bits per heavy atom. The van der Waals surface area contributed by atoms with Crippen LogP contribution in [-0.2, 0) is 22.4 Å². The summed E-state index contributed by atoms with van der Waals surface area (Å²) in [6.07, 6.45) is 16.2. The lowest BCUT2D eigenvalue weighted by molar-refractivity contribution is -0.138. The van der Waals surface area contributed by atoms with Crippen LogP contribution in [0.15, 0.2) is 18.2 Å². The average Bonchev–Trinajstić information content (AvgIpc) is 2.76. The molecule has 5 heteroatoms. The molecule has 32 heavy (non-hydrogen) atoms. The van der Waals surface area contributed by atoms with E-state index in [0.717, 1.165) is 95.8 Å². The van der Waals surface area contributed by atoms with Crippen molar-refractivity contribution in [1.29, 1.82) is 0 Å². The second-order valence-corrected chi connectivity index (χ2v) is 8.77. The van der Waals surface area contributed by atoms with Gasteiger partial charge in [-0.15, -0.1) is 0 Å². The molecule has 0 radical (unpaired) electrons. The fraction of sp³-hybridized carbons (Fsp3) is 0.704. The maximum absolute atomic E-state index is 10.6. The zero-order valence-electron chi connectivity index (χ0n) is 20.1. The summed E-state index contributed by atoms with van der Waals surface area (Å²) in [7, 11) is 0. The molecule has 0 aliphatic carbocycles. The highest BCUT2D eigenvalue weighted by atomic mass is 16.5. The fourth-order valence-electron chi connectivity index (χ4n) is 4.03. The van der Waals surface area contributed by atoms with Crippen molar-refractivity contribution in [3.05, 3.63) is 29.3 Å². The Labute approximate surface area is 194 Å². The molecule has 0 saturated heterocycles. The molecule has 0 heterocycles. The number of carboxylic acid groups (broad SMARTS) is 2. The average molecular weight is 449 g/mol. The van der Waals surface area contributed by atoms with Gasteiger partial charge in [-0.1, -0.05) is 70.4 Å². The van der Waals surface area contributed by atoms with Gasteiger partial charge in [0.2, 0.25) is 0 Å². The third kappa shape index (κ3) is 14.1. The van der Waals surface area contributed by atoms with Crippen LogP contribution >= 0.6 is 0 Å². The molecule has 0 aliphatic heterocycles. The minimum absolute atomic E-state index is 0.273. The van der Waals surface area contributed by atoms with Gasteiger partial charge in [-0.05, 0) is 62.1 Å². The van der Waals surface area contributed by atoms with Gasteiger partial charge in [-0.3, -0.25) is 9.59 Å².